The van der Waals surface area contributed by atoms with Crippen LogP contribution >= 0.6 is 0 Å². The van der Waals surface area contributed by atoms with Crippen LogP contribution in [0.15, 0.2) is 9.59 Å². The second-order valence-corrected chi connectivity index (χ2v) is 7.85. The van der Waals surface area contributed by atoms with Gasteiger partial charge in [-0.2, -0.15) is 0 Å². The molecule has 1 aromatic heterocycles. The van der Waals surface area contributed by atoms with Crippen LogP contribution in [0.2, 0.25) is 0 Å². The summed E-state index contributed by atoms with van der Waals surface area (Å²) in [6.07, 6.45) is 3.94. The van der Waals surface area contributed by atoms with Crippen molar-refractivity contribution in [3.05, 3.63) is 21.0 Å². The maximum Gasteiger partial charge on any atom is 0.347 e. The fraction of sp³-hybridized carbons (Fsp3) is 0.857. The summed E-state index contributed by atoms with van der Waals surface area (Å²) in [7, 11) is 1.64. The Bertz CT molecular complexity index is 767. The molecule has 8 rings (SSSR count). The first-order chi connectivity index (χ1) is 9.18. The molecule has 5 saturated carbocycles. The number of nitrogens with zero attached hydrogens (tertiary/aromatic N) is 3. The van der Waals surface area contributed by atoms with E-state index in [2.05, 4.69) is 0 Å². The first-order valence-corrected chi connectivity index (χ1v) is 7.58. The molecular weight excluding hydrogens is 242 g/mol. The van der Waals surface area contributed by atoms with E-state index in [4.69, 9.17) is 0 Å². The topological polar surface area (TPSA) is 48.9 Å². The molecule has 3 heterocycles. The molecule has 2 aliphatic heterocycles. The van der Waals surface area contributed by atoms with Crippen molar-refractivity contribution < 1.29 is 0 Å². The highest BCUT2D eigenvalue weighted by Gasteiger charge is 3.03. The minimum absolute atomic E-state index is 0.0634. The summed E-state index contributed by atoms with van der Waals surface area (Å²) in [5.74, 6) is 3.23. The summed E-state index contributed by atoms with van der Waals surface area (Å²) in [5, 5.41) is 0. The lowest BCUT2D eigenvalue weighted by atomic mass is 9.73. The van der Waals surface area contributed by atoms with Crippen LogP contribution < -0.4 is 11.4 Å². The molecule has 5 fully saturated rings. The highest BCUT2D eigenvalue weighted by molar-refractivity contribution is 5.49. The first-order valence-electron chi connectivity index (χ1n) is 7.58. The second-order valence-electron chi connectivity index (χ2n) is 7.85. The molecule has 0 radical (unpaired) electrons. The fourth-order valence-electron chi connectivity index (χ4n) is 8.24. The zero-order valence-electron chi connectivity index (χ0n) is 10.7. The maximum atomic E-state index is 12.4. The van der Waals surface area contributed by atoms with Gasteiger partial charge in [-0.1, -0.05) is 6.42 Å². The summed E-state index contributed by atoms with van der Waals surface area (Å²) in [5.41, 5.74) is 0.761. The zero-order valence-corrected chi connectivity index (χ0v) is 10.7. The molecule has 5 aliphatic carbocycles. The lowest BCUT2D eigenvalue weighted by molar-refractivity contribution is 0.0178. The molecule has 7 aliphatic rings. The van der Waals surface area contributed by atoms with Crippen LogP contribution in [0.3, 0.4) is 0 Å². The number of rotatable bonds is 0. The molecule has 0 unspecified atom stereocenters. The summed E-state index contributed by atoms with van der Waals surface area (Å²) < 4.78 is 5.11. The molecule has 5 nitrogen and oxygen atoms in total. The molecule has 0 N–H and O–H groups in total. The highest BCUT2D eigenvalue weighted by Crippen LogP contribution is 3.05. The van der Waals surface area contributed by atoms with Crippen molar-refractivity contribution in [2.24, 2.45) is 41.5 Å². The quantitative estimate of drug-likeness (QED) is 0.663. The van der Waals surface area contributed by atoms with E-state index in [1.165, 1.54) is 23.8 Å². The van der Waals surface area contributed by atoms with Gasteiger partial charge in [-0.05, 0) is 36.5 Å². The molecule has 1 aromatic rings. The molecule has 5 heteroatoms. The van der Waals surface area contributed by atoms with E-state index in [1.54, 1.807) is 7.05 Å². The molecule has 98 valence electrons. The van der Waals surface area contributed by atoms with E-state index < -0.39 is 0 Å². The number of hydrogen-bond acceptors (Lipinski definition) is 2. The molecule has 6 atom stereocenters. The molecule has 2 bridgehead atoms. The third-order valence-corrected chi connectivity index (χ3v) is 8.16. The largest absolute Gasteiger partial charge is 0.347 e. The normalized spacial score (nSPS) is 63.2. The summed E-state index contributed by atoms with van der Waals surface area (Å²) in [4.78, 5) is 24.9. The predicted octanol–water partition coefficient (Wildman–Crippen LogP) is 0.120. The third kappa shape index (κ3) is 0.472. The van der Waals surface area contributed by atoms with Crippen molar-refractivity contribution in [3.63, 3.8) is 0 Å². The Kier molecular flexibility index (Phi) is 0.881. The fourth-order valence-corrected chi connectivity index (χ4v) is 8.24. The monoisotopic (exact) mass is 257 g/mol. The van der Waals surface area contributed by atoms with Gasteiger partial charge < -0.3 is 0 Å². The van der Waals surface area contributed by atoms with Crippen LogP contribution in [0.1, 0.15) is 31.3 Å². The van der Waals surface area contributed by atoms with Crippen LogP contribution in [-0.4, -0.2) is 13.9 Å². The minimum Gasteiger partial charge on any atom is -0.246 e. The van der Waals surface area contributed by atoms with Gasteiger partial charge >= 0.3 is 11.4 Å². The van der Waals surface area contributed by atoms with Crippen LogP contribution in [0, 0.1) is 34.5 Å². The Morgan fingerprint density at radius 1 is 0.947 bits per heavy atom. The summed E-state index contributed by atoms with van der Waals surface area (Å²) in [6, 6.07) is 0.753. The standard InChI is InChI=1S/C14H15N3O2/c1-15-11(18)16-9-6-5-7(6)10(17(16)12(15)19)14-4-2-3-13(9,14)8(5)14/h5-10H,2-4H2,1H3/t5?,6-,7-,8?,9-,10-,13+,14+/m0/s1. The van der Waals surface area contributed by atoms with Crippen molar-refractivity contribution in [1.82, 2.24) is 13.9 Å². The molecule has 0 aromatic carbocycles. The van der Waals surface area contributed by atoms with Crippen LogP contribution in [0.25, 0.3) is 0 Å². The molecule has 19 heavy (non-hydrogen) atoms. The lowest BCUT2D eigenvalue weighted by Gasteiger charge is -2.45. The molecule has 0 amide bonds. The van der Waals surface area contributed by atoms with E-state index in [-0.39, 0.29) is 11.4 Å². The van der Waals surface area contributed by atoms with E-state index >= 15 is 0 Å². The predicted molar refractivity (Wildman–Crippen MR) is 64.7 cm³/mol. The maximum absolute atomic E-state index is 12.4. The van der Waals surface area contributed by atoms with E-state index in [1.807, 2.05) is 9.36 Å². The SMILES string of the molecule is Cn1c(=O)n2n(c1=O)[C@H]1[C@H]3C4C5[C@]6(CCC[C@@]516)[C@@H]2[C@@H]43. The molecule has 2 spiro atoms. The Hall–Kier alpha value is -1.26. The Morgan fingerprint density at radius 2 is 1.47 bits per heavy atom. The van der Waals surface area contributed by atoms with Crippen molar-refractivity contribution in [2.75, 3.05) is 0 Å². The Morgan fingerprint density at radius 3 is 2.00 bits per heavy atom. The highest BCUT2D eigenvalue weighted by atomic mass is 16.2. The average Bonchev–Trinajstić information content (AvgIpc) is 3.01. The lowest BCUT2D eigenvalue weighted by Crippen LogP contribution is -2.51. The van der Waals surface area contributed by atoms with E-state index in [0.29, 0.717) is 22.9 Å². The van der Waals surface area contributed by atoms with Crippen molar-refractivity contribution >= 4 is 0 Å². The summed E-state index contributed by atoms with van der Waals surface area (Å²) >= 11 is 0. The van der Waals surface area contributed by atoms with Gasteiger partial charge in [-0.15, -0.1) is 0 Å². The number of aromatic nitrogens is 3. The number of hydrogen-bond donors (Lipinski definition) is 0. The van der Waals surface area contributed by atoms with Gasteiger partial charge in [-0.25, -0.2) is 23.5 Å². The van der Waals surface area contributed by atoms with Gasteiger partial charge in [0.25, 0.3) is 0 Å². The minimum atomic E-state index is -0.0634. The van der Waals surface area contributed by atoms with Gasteiger partial charge in [0.1, 0.15) is 0 Å². The van der Waals surface area contributed by atoms with Gasteiger partial charge in [0.2, 0.25) is 0 Å². The summed E-state index contributed by atoms with van der Waals surface area (Å²) in [6.45, 7) is 0. The first kappa shape index (κ1) is 8.82. The van der Waals surface area contributed by atoms with Gasteiger partial charge in [0, 0.05) is 17.9 Å². The molecular formula is C14H15N3O2. The van der Waals surface area contributed by atoms with Crippen LogP contribution in [0.5, 0.6) is 0 Å². The smallest absolute Gasteiger partial charge is 0.246 e. The van der Waals surface area contributed by atoms with Crippen LogP contribution in [-0.2, 0) is 7.05 Å². The van der Waals surface area contributed by atoms with Crippen molar-refractivity contribution in [2.45, 2.75) is 31.3 Å². The Labute approximate surface area is 108 Å². The van der Waals surface area contributed by atoms with E-state index in [9.17, 15) is 9.59 Å². The van der Waals surface area contributed by atoms with Crippen molar-refractivity contribution in [1.29, 1.82) is 0 Å². The Balaban J connectivity index is 1.71. The van der Waals surface area contributed by atoms with E-state index in [0.717, 1.165) is 23.7 Å². The zero-order chi connectivity index (χ0) is 12.5. The van der Waals surface area contributed by atoms with Gasteiger partial charge in [0.15, 0.2) is 0 Å². The van der Waals surface area contributed by atoms with Gasteiger partial charge in [0.05, 0.1) is 12.1 Å². The second kappa shape index (κ2) is 1.90. The average molecular weight is 257 g/mol. The van der Waals surface area contributed by atoms with Crippen LogP contribution in [0.4, 0.5) is 0 Å². The van der Waals surface area contributed by atoms with Crippen molar-refractivity contribution in [3.8, 4) is 0 Å². The molecule has 0 saturated heterocycles. The van der Waals surface area contributed by atoms with Gasteiger partial charge in [-0.3, -0.25) is 0 Å². The third-order valence-electron chi connectivity index (χ3n) is 8.16.